The minimum Gasteiger partial charge on any atom is -0.345 e. The van der Waals surface area contributed by atoms with Crippen LogP contribution in [0.2, 0.25) is 0 Å². The first-order valence-corrected chi connectivity index (χ1v) is 9.54. The normalized spacial score (nSPS) is 11.8. The summed E-state index contributed by atoms with van der Waals surface area (Å²) in [5.41, 5.74) is 6.73. The number of carbonyl (C=O) groups excluding carboxylic acids is 1. The molecule has 0 bridgehead atoms. The van der Waals surface area contributed by atoms with Crippen molar-refractivity contribution in [2.45, 2.75) is 39.7 Å². The van der Waals surface area contributed by atoms with E-state index in [1.54, 1.807) is 0 Å². The fourth-order valence-electron chi connectivity index (χ4n) is 3.46. The number of amides is 1. The van der Waals surface area contributed by atoms with Crippen molar-refractivity contribution in [3.8, 4) is 0 Å². The Morgan fingerprint density at radius 3 is 2.37 bits per heavy atom. The summed E-state index contributed by atoms with van der Waals surface area (Å²) in [6.07, 6.45) is 1.78. The van der Waals surface area contributed by atoms with Gasteiger partial charge in [-0.1, -0.05) is 72.3 Å². The molecule has 0 radical (unpaired) electrons. The number of carbonyl (C=O) groups is 1. The zero-order valence-electron chi connectivity index (χ0n) is 16.3. The van der Waals surface area contributed by atoms with Gasteiger partial charge in [0.25, 0.3) is 5.91 Å². The molecule has 0 unspecified atom stereocenters. The highest BCUT2D eigenvalue weighted by molar-refractivity contribution is 5.96. The van der Waals surface area contributed by atoms with E-state index in [4.69, 9.17) is 0 Å². The number of benzene rings is 3. The SMILES string of the molecule is Cc1ccc(C)c([C@@H](C)NC(=O)c2ccccc2CCc2ccccc2)c1. The highest BCUT2D eigenvalue weighted by Crippen LogP contribution is 2.20. The second-order valence-electron chi connectivity index (χ2n) is 7.20. The molecule has 2 heteroatoms. The number of rotatable bonds is 6. The summed E-state index contributed by atoms with van der Waals surface area (Å²) in [6, 6.07) is 24.7. The van der Waals surface area contributed by atoms with Crippen molar-refractivity contribution >= 4 is 5.91 Å². The van der Waals surface area contributed by atoms with Crippen LogP contribution in [0.4, 0.5) is 0 Å². The molecule has 0 spiro atoms. The molecule has 0 aliphatic heterocycles. The zero-order valence-corrected chi connectivity index (χ0v) is 16.3. The van der Waals surface area contributed by atoms with Gasteiger partial charge in [-0.15, -0.1) is 0 Å². The Morgan fingerprint density at radius 2 is 1.59 bits per heavy atom. The van der Waals surface area contributed by atoms with Crippen LogP contribution in [0.15, 0.2) is 72.8 Å². The van der Waals surface area contributed by atoms with Crippen molar-refractivity contribution in [1.29, 1.82) is 0 Å². The van der Waals surface area contributed by atoms with Gasteiger partial charge in [0.05, 0.1) is 6.04 Å². The Labute approximate surface area is 162 Å². The maximum atomic E-state index is 12.9. The van der Waals surface area contributed by atoms with Gasteiger partial charge < -0.3 is 5.32 Å². The van der Waals surface area contributed by atoms with E-state index in [1.807, 2.05) is 31.2 Å². The van der Waals surface area contributed by atoms with E-state index in [0.717, 1.165) is 24.0 Å². The van der Waals surface area contributed by atoms with Crippen molar-refractivity contribution in [1.82, 2.24) is 5.32 Å². The van der Waals surface area contributed by atoms with Gasteiger partial charge in [0.2, 0.25) is 0 Å². The van der Waals surface area contributed by atoms with Crippen LogP contribution < -0.4 is 5.32 Å². The van der Waals surface area contributed by atoms with Gasteiger partial charge in [0.1, 0.15) is 0 Å². The number of aryl methyl sites for hydroxylation is 4. The average Bonchev–Trinajstić information content (AvgIpc) is 2.69. The predicted molar refractivity (Wildman–Crippen MR) is 112 cm³/mol. The standard InChI is InChI=1S/C25H27NO/c1-18-13-14-19(2)24(17-18)20(3)26-25(27)23-12-8-7-11-22(23)16-15-21-9-5-4-6-10-21/h4-14,17,20H,15-16H2,1-3H3,(H,26,27)/t20-/m1/s1. The number of nitrogens with one attached hydrogen (secondary N) is 1. The van der Waals surface area contributed by atoms with Crippen molar-refractivity contribution < 1.29 is 4.79 Å². The van der Waals surface area contributed by atoms with Crippen LogP contribution in [0.3, 0.4) is 0 Å². The molecule has 0 fully saturated rings. The summed E-state index contributed by atoms with van der Waals surface area (Å²) in [5, 5.41) is 3.18. The van der Waals surface area contributed by atoms with E-state index in [1.165, 1.54) is 22.3 Å². The molecule has 3 rings (SSSR count). The highest BCUT2D eigenvalue weighted by Gasteiger charge is 2.16. The molecule has 0 heterocycles. The molecule has 27 heavy (non-hydrogen) atoms. The molecule has 1 atom stereocenters. The van der Waals surface area contributed by atoms with Gasteiger partial charge in [0.15, 0.2) is 0 Å². The van der Waals surface area contributed by atoms with Crippen LogP contribution >= 0.6 is 0 Å². The molecule has 3 aromatic rings. The predicted octanol–water partition coefficient (Wildman–Crippen LogP) is 5.58. The number of hydrogen-bond acceptors (Lipinski definition) is 1. The van der Waals surface area contributed by atoms with Gasteiger partial charge in [-0.3, -0.25) is 4.79 Å². The second-order valence-corrected chi connectivity index (χ2v) is 7.20. The summed E-state index contributed by atoms with van der Waals surface area (Å²) in [7, 11) is 0. The van der Waals surface area contributed by atoms with Crippen LogP contribution in [0, 0.1) is 13.8 Å². The van der Waals surface area contributed by atoms with Gasteiger partial charge in [-0.05, 0) is 61.9 Å². The molecule has 1 N–H and O–H groups in total. The maximum absolute atomic E-state index is 12.9. The van der Waals surface area contributed by atoms with E-state index >= 15 is 0 Å². The first-order chi connectivity index (χ1) is 13.0. The van der Waals surface area contributed by atoms with Crippen LogP contribution in [0.1, 0.15) is 51.1 Å². The zero-order chi connectivity index (χ0) is 19.2. The Kier molecular flexibility index (Phi) is 6.08. The summed E-state index contributed by atoms with van der Waals surface area (Å²) in [4.78, 5) is 12.9. The van der Waals surface area contributed by atoms with Crippen LogP contribution in [-0.2, 0) is 12.8 Å². The Balaban J connectivity index is 1.74. The topological polar surface area (TPSA) is 29.1 Å². The van der Waals surface area contributed by atoms with E-state index in [0.29, 0.717) is 0 Å². The molecule has 1 amide bonds. The smallest absolute Gasteiger partial charge is 0.252 e. The van der Waals surface area contributed by atoms with Crippen molar-refractivity contribution in [2.75, 3.05) is 0 Å². The van der Waals surface area contributed by atoms with Crippen LogP contribution in [-0.4, -0.2) is 5.91 Å². The third-order valence-corrected chi connectivity index (χ3v) is 5.04. The lowest BCUT2D eigenvalue weighted by Gasteiger charge is -2.18. The molecular weight excluding hydrogens is 330 g/mol. The fourth-order valence-corrected chi connectivity index (χ4v) is 3.46. The molecule has 0 aliphatic carbocycles. The molecule has 0 saturated carbocycles. The van der Waals surface area contributed by atoms with Crippen molar-refractivity contribution in [3.63, 3.8) is 0 Å². The third kappa shape index (κ3) is 4.85. The Bertz CT molecular complexity index is 915. The molecule has 0 aromatic heterocycles. The monoisotopic (exact) mass is 357 g/mol. The maximum Gasteiger partial charge on any atom is 0.252 e. The second kappa shape index (κ2) is 8.68. The average molecular weight is 357 g/mol. The van der Waals surface area contributed by atoms with Gasteiger partial charge >= 0.3 is 0 Å². The lowest BCUT2D eigenvalue weighted by atomic mass is 9.97. The fraction of sp³-hybridized carbons (Fsp3) is 0.240. The van der Waals surface area contributed by atoms with Crippen molar-refractivity contribution in [3.05, 3.63) is 106 Å². The van der Waals surface area contributed by atoms with Gasteiger partial charge in [-0.2, -0.15) is 0 Å². The van der Waals surface area contributed by atoms with Crippen LogP contribution in [0.25, 0.3) is 0 Å². The Hall–Kier alpha value is -2.87. The largest absolute Gasteiger partial charge is 0.345 e. The van der Waals surface area contributed by atoms with E-state index in [-0.39, 0.29) is 11.9 Å². The highest BCUT2D eigenvalue weighted by atomic mass is 16.1. The summed E-state index contributed by atoms with van der Waals surface area (Å²) < 4.78 is 0. The summed E-state index contributed by atoms with van der Waals surface area (Å²) in [6.45, 7) is 6.22. The molecule has 0 saturated heterocycles. The van der Waals surface area contributed by atoms with Crippen LogP contribution in [0.5, 0.6) is 0 Å². The summed E-state index contributed by atoms with van der Waals surface area (Å²) in [5.74, 6) is -0.00734. The van der Waals surface area contributed by atoms with Crippen molar-refractivity contribution in [2.24, 2.45) is 0 Å². The van der Waals surface area contributed by atoms with E-state index in [2.05, 4.69) is 67.7 Å². The molecule has 2 nitrogen and oxygen atoms in total. The lowest BCUT2D eigenvalue weighted by molar-refractivity contribution is 0.0939. The molecule has 3 aromatic carbocycles. The first-order valence-electron chi connectivity index (χ1n) is 9.54. The summed E-state index contributed by atoms with van der Waals surface area (Å²) >= 11 is 0. The quantitative estimate of drug-likeness (QED) is 0.613. The molecule has 138 valence electrons. The lowest BCUT2D eigenvalue weighted by Crippen LogP contribution is -2.28. The van der Waals surface area contributed by atoms with E-state index in [9.17, 15) is 4.79 Å². The minimum absolute atomic E-state index is 0.00734. The molecular formula is C25H27NO. The molecule has 0 aliphatic rings. The van der Waals surface area contributed by atoms with E-state index < -0.39 is 0 Å². The van der Waals surface area contributed by atoms with Gasteiger partial charge in [-0.25, -0.2) is 0 Å². The first kappa shape index (κ1) is 18.9. The minimum atomic E-state index is -0.0282. The van der Waals surface area contributed by atoms with Gasteiger partial charge in [0, 0.05) is 5.56 Å². The number of hydrogen-bond donors (Lipinski definition) is 1. The third-order valence-electron chi connectivity index (χ3n) is 5.04. The Morgan fingerprint density at radius 1 is 0.889 bits per heavy atom.